The molecule has 1 fully saturated rings. The van der Waals surface area contributed by atoms with Gasteiger partial charge in [0.15, 0.2) is 0 Å². The summed E-state index contributed by atoms with van der Waals surface area (Å²) in [6.07, 6.45) is 0. The van der Waals surface area contributed by atoms with E-state index < -0.39 is 0 Å². The van der Waals surface area contributed by atoms with Crippen LogP contribution in [0.1, 0.15) is 13.8 Å². The minimum absolute atomic E-state index is 0.819. The van der Waals surface area contributed by atoms with Gasteiger partial charge in [0, 0.05) is 26.8 Å². The predicted octanol–water partition coefficient (Wildman–Crippen LogP) is 0.991. The molecule has 0 aromatic rings. The van der Waals surface area contributed by atoms with Crippen LogP contribution in [0.15, 0.2) is 0 Å². The molecular formula is C9H21NO2. The molecule has 0 spiro atoms. The molecule has 1 aliphatic rings. The van der Waals surface area contributed by atoms with Crippen molar-refractivity contribution in [3.05, 3.63) is 0 Å². The van der Waals surface area contributed by atoms with Gasteiger partial charge in [0.05, 0.1) is 13.2 Å². The second-order valence-electron chi connectivity index (χ2n) is 2.62. The fourth-order valence-electron chi connectivity index (χ4n) is 0.917. The van der Waals surface area contributed by atoms with E-state index in [0.29, 0.717) is 0 Å². The van der Waals surface area contributed by atoms with E-state index >= 15 is 0 Å². The summed E-state index contributed by atoms with van der Waals surface area (Å²) >= 11 is 0. The molecule has 0 unspecified atom stereocenters. The summed E-state index contributed by atoms with van der Waals surface area (Å²) in [6.45, 7) is 10.2. The standard InChI is InChI=1S/C6H13NO.C3H8O/c1-2-7-3-5-8-6-4-7;1-3-4-2/h2-6H2,1H3;3H2,1-2H3. The SMILES string of the molecule is CCN1CCOCC1.CCOC. The lowest BCUT2D eigenvalue weighted by molar-refractivity contribution is 0.0405. The molecule has 0 amide bonds. The van der Waals surface area contributed by atoms with Crippen molar-refractivity contribution in [3.63, 3.8) is 0 Å². The van der Waals surface area contributed by atoms with Crippen LogP contribution in [0, 0.1) is 0 Å². The Labute approximate surface area is 75.6 Å². The average Bonchev–Trinajstić information content (AvgIpc) is 2.19. The maximum absolute atomic E-state index is 5.16. The Balaban J connectivity index is 0.000000261. The quantitative estimate of drug-likeness (QED) is 0.625. The van der Waals surface area contributed by atoms with E-state index in [4.69, 9.17) is 4.74 Å². The number of rotatable bonds is 2. The van der Waals surface area contributed by atoms with Gasteiger partial charge in [-0.3, -0.25) is 4.90 Å². The number of hydrogen-bond donors (Lipinski definition) is 0. The summed E-state index contributed by atoms with van der Waals surface area (Å²) in [5.41, 5.74) is 0. The molecule has 0 N–H and O–H groups in total. The Morgan fingerprint density at radius 2 is 1.75 bits per heavy atom. The number of methoxy groups -OCH3 is 1. The second-order valence-corrected chi connectivity index (χ2v) is 2.62. The van der Waals surface area contributed by atoms with Crippen LogP contribution in [0.2, 0.25) is 0 Å². The molecule has 0 atom stereocenters. The van der Waals surface area contributed by atoms with Gasteiger partial charge in [-0.15, -0.1) is 0 Å². The van der Waals surface area contributed by atoms with E-state index in [9.17, 15) is 0 Å². The van der Waals surface area contributed by atoms with Crippen molar-refractivity contribution in [1.82, 2.24) is 4.90 Å². The van der Waals surface area contributed by atoms with Crippen molar-refractivity contribution in [3.8, 4) is 0 Å². The Hall–Kier alpha value is -0.120. The van der Waals surface area contributed by atoms with E-state index in [2.05, 4.69) is 16.6 Å². The van der Waals surface area contributed by atoms with Gasteiger partial charge in [0.1, 0.15) is 0 Å². The first-order valence-corrected chi connectivity index (χ1v) is 4.64. The van der Waals surface area contributed by atoms with Gasteiger partial charge in [0.2, 0.25) is 0 Å². The molecule has 1 aliphatic heterocycles. The van der Waals surface area contributed by atoms with Crippen molar-refractivity contribution in [1.29, 1.82) is 0 Å². The molecule has 1 heterocycles. The highest BCUT2D eigenvalue weighted by Crippen LogP contribution is 1.93. The number of hydrogen-bond acceptors (Lipinski definition) is 3. The largest absolute Gasteiger partial charge is 0.385 e. The zero-order valence-electron chi connectivity index (χ0n) is 8.51. The fourth-order valence-corrected chi connectivity index (χ4v) is 0.917. The van der Waals surface area contributed by atoms with Crippen LogP contribution in [0.3, 0.4) is 0 Å². The van der Waals surface area contributed by atoms with E-state index in [1.165, 1.54) is 6.54 Å². The van der Waals surface area contributed by atoms with Gasteiger partial charge in [0.25, 0.3) is 0 Å². The lowest BCUT2D eigenvalue weighted by Gasteiger charge is -2.24. The zero-order valence-corrected chi connectivity index (χ0v) is 8.51. The number of nitrogens with zero attached hydrogens (tertiary/aromatic N) is 1. The van der Waals surface area contributed by atoms with Gasteiger partial charge < -0.3 is 9.47 Å². The molecule has 0 aromatic carbocycles. The molecule has 0 saturated carbocycles. The highest BCUT2D eigenvalue weighted by molar-refractivity contribution is 4.57. The molecule has 0 bridgehead atoms. The Morgan fingerprint density at radius 3 is 2.00 bits per heavy atom. The van der Waals surface area contributed by atoms with Crippen molar-refractivity contribution in [2.24, 2.45) is 0 Å². The number of likely N-dealkylation sites (N-methyl/N-ethyl adjacent to an activating group) is 1. The Morgan fingerprint density at radius 1 is 1.25 bits per heavy atom. The van der Waals surface area contributed by atoms with E-state index in [0.717, 1.165) is 32.9 Å². The molecular weight excluding hydrogens is 154 g/mol. The summed E-state index contributed by atoms with van der Waals surface area (Å²) < 4.78 is 9.70. The Bertz CT molecular complexity index is 80.6. The first kappa shape index (κ1) is 11.9. The fraction of sp³-hybridized carbons (Fsp3) is 1.00. The van der Waals surface area contributed by atoms with E-state index in [1.54, 1.807) is 7.11 Å². The summed E-state index contributed by atoms with van der Waals surface area (Å²) in [7, 11) is 1.68. The van der Waals surface area contributed by atoms with Crippen molar-refractivity contribution < 1.29 is 9.47 Å². The van der Waals surface area contributed by atoms with Gasteiger partial charge in [-0.25, -0.2) is 0 Å². The third kappa shape index (κ3) is 6.58. The number of morpholine rings is 1. The van der Waals surface area contributed by atoms with Gasteiger partial charge in [-0.1, -0.05) is 6.92 Å². The third-order valence-corrected chi connectivity index (χ3v) is 1.84. The van der Waals surface area contributed by atoms with Crippen LogP contribution in [-0.4, -0.2) is 51.5 Å². The summed E-state index contributed by atoms with van der Waals surface area (Å²) in [5.74, 6) is 0. The van der Waals surface area contributed by atoms with Crippen LogP contribution in [0.4, 0.5) is 0 Å². The predicted molar refractivity (Wildman–Crippen MR) is 50.5 cm³/mol. The van der Waals surface area contributed by atoms with Gasteiger partial charge >= 0.3 is 0 Å². The number of ether oxygens (including phenoxy) is 2. The van der Waals surface area contributed by atoms with Crippen molar-refractivity contribution in [2.75, 3.05) is 46.6 Å². The highest BCUT2D eigenvalue weighted by Gasteiger charge is 2.05. The molecule has 1 rings (SSSR count). The minimum atomic E-state index is 0.819. The summed E-state index contributed by atoms with van der Waals surface area (Å²) in [4.78, 5) is 2.39. The van der Waals surface area contributed by atoms with Gasteiger partial charge in [-0.05, 0) is 13.5 Å². The summed E-state index contributed by atoms with van der Waals surface area (Å²) in [6, 6.07) is 0. The molecule has 0 aromatic heterocycles. The zero-order chi connectivity index (χ0) is 9.23. The molecule has 0 radical (unpaired) electrons. The molecule has 12 heavy (non-hydrogen) atoms. The minimum Gasteiger partial charge on any atom is -0.385 e. The molecule has 3 heteroatoms. The van der Waals surface area contributed by atoms with Crippen molar-refractivity contribution >= 4 is 0 Å². The molecule has 74 valence electrons. The summed E-state index contributed by atoms with van der Waals surface area (Å²) in [5, 5.41) is 0. The third-order valence-electron chi connectivity index (χ3n) is 1.84. The molecule has 1 saturated heterocycles. The average molecular weight is 175 g/mol. The van der Waals surface area contributed by atoms with Crippen molar-refractivity contribution in [2.45, 2.75) is 13.8 Å². The lowest BCUT2D eigenvalue weighted by atomic mass is 10.4. The second kappa shape index (κ2) is 8.97. The highest BCUT2D eigenvalue weighted by atomic mass is 16.5. The van der Waals surface area contributed by atoms with E-state index in [1.807, 2.05) is 6.92 Å². The van der Waals surface area contributed by atoms with E-state index in [-0.39, 0.29) is 0 Å². The maximum atomic E-state index is 5.16. The van der Waals surface area contributed by atoms with Crippen LogP contribution < -0.4 is 0 Å². The maximum Gasteiger partial charge on any atom is 0.0594 e. The first-order chi connectivity index (χ1) is 5.85. The lowest BCUT2D eigenvalue weighted by Crippen LogP contribution is -2.35. The van der Waals surface area contributed by atoms with Crippen LogP contribution >= 0.6 is 0 Å². The van der Waals surface area contributed by atoms with Crippen LogP contribution in [0.5, 0.6) is 0 Å². The molecule has 0 aliphatic carbocycles. The topological polar surface area (TPSA) is 21.7 Å². The van der Waals surface area contributed by atoms with Crippen LogP contribution in [0.25, 0.3) is 0 Å². The first-order valence-electron chi connectivity index (χ1n) is 4.64. The normalized spacial score (nSPS) is 18.2. The molecule has 3 nitrogen and oxygen atoms in total. The Kier molecular flexibility index (Phi) is 8.88. The monoisotopic (exact) mass is 175 g/mol. The van der Waals surface area contributed by atoms with Gasteiger partial charge in [-0.2, -0.15) is 0 Å². The smallest absolute Gasteiger partial charge is 0.0594 e. The van der Waals surface area contributed by atoms with Crippen LogP contribution in [-0.2, 0) is 9.47 Å².